The summed E-state index contributed by atoms with van der Waals surface area (Å²) in [6.07, 6.45) is -3.37. The quantitative estimate of drug-likeness (QED) is 0.743. The molecule has 2 aromatic rings. The zero-order valence-corrected chi connectivity index (χ0v) is 16.0. The number of para-hydroxylation sites is 1. The third-order valence-electron chi connectivity index (χ3n) is 5.24. The van der Waals surface area contributed by atoms with Crippen LogP contribution in [0.5, 0.6) is 0 Å². The van der Waals surface area contributed by atoms with Crippen LogP contribution in [-0.2, 0) is 11.0 Å². The maximum absolute atomic E-state index is 13.7. The van der Waals surface area contributed by atoms with Gasteiger partial charge in [0.05, 0.1) is 28.8 Å². The number of hydrogen-bond donors (Lipinski definition) is 1. The SMILES string of the molecule is N#CC1=C(N)N(c2ccccc2C(F)(F)F)C2=C(C(=O)CCC2)C1c1ccsc1. The van der Waals surface area contributed by atoms with Gasteiger partial charge < -0.3 is 5.73 Å². The van der Waals surface area contributed by atoms with Crippen LogP contribution in [0.4, 0.5) is 18.9 Å². The molecule has 1 aliphatic heterocycles. The fraction of sp³-hybridized carbons (Fsp3) is 0.238. The number of thiophene rings is 1. The van der Waals surface area contributed by atoms with Gasteiger partial charge in [0.1, 0.15) is 5.82 Å². The van der Waals surface area contributed by atoms with Crippen LogP contribution in [0.2, 0.25) is 0 Å². The van der Waals surface area contributed by atoms with E-state index in [0.717, 1.165) is 11.6 Å². The lowest BCUT2D eigenvalue weighted by Gasteiger charge is -2.40. The molecule has 2 N–H and O–H groups in total. The fourth-order valence-electron chi connectivity index (χ4n) is 4.04. The monoisotopic (exact) mass is 415 g/mol. The van der Waals surface area contributed by atoms with E-state index in [1.165, 1.54) is 34.4 Å². The highest BCUT2D eigenvalue weighted by atomic mass is 32.1. The lowest BCUT2D eigenvalue weighted by molar-refractivity contribution is -0.137. The first kappa shape index (κ1) is 19.3. The molecule has 0 radical (unpaired) electrons. The number of ketones is 1. The van der Waals surface area contributed by atoms with Gasteiger partial charge in [0.25, 0.3) is 0 Å². The first-order valence-electron chi connectivity index (χ1n) is 8.99. The van der Waals surface area contributed by atoms with E-state index >= 15 is 0 Å². The molecule has 0 fully saturated rings. The van der Waals surface area contributed by atoms with Crippen molar-refractivity contribution in [1.29, 1.82) is 5.26 Å². The molecule has 1 aromatic carbocycles. The van der Waals surface area contributed by atoms with E-state index in [1.807, 2.05) is 16.8 Å². The van der Waals surface area contributed by atoms with Gasteiger partial charge in [0.15, 0.2) is 5.78 Å². The van der Waals surface area contributed by atoms with Crippen molar-refractivity contribution >= 4 is 22.8 Å². The third-order valence-corrected chi connectivity index (χ3v) is 5.94. The molecular formula is C21H16F3N3OS. The highest BCUT2D eigenvalue weighted by molar-refractivity contribution is 7.08. The molecule has 0 amide bonds. The molecule has 4 nitrogen and oxygen atoms in total. The summed E-state index contributed by atoms with van der Waals surface area (Å²) >= 11 is 1.42. The van der Waals surface area contributed by atoms with Crippen LogP contribution < -0.4 is 10.6 Å². The number of allylic oxidation sites excluding steroid dienone is 3. The zero-order valence-electron chi connectivity index (χ0n) is 15.2. The van der Waals surface area contributed by atoms with E-state index in [-0.39, 0.29) is 22.9 Å². The van der Waals surface area contributed by atoms with E-state index in [4.69, 9.17) is 5.73 Å². The van der Waals surface area contributed by atoms with Gasteiger partial charge in [-0.1, -0.05) is 12.1 Å². The number of nitrogens with zero attached hydrogens (tertiary/aromatic N) is 2. The highest BCUT2D eigenvalue weighted by Gasteiger charge is 2.43. The maximum Gasteiger partial charge on any atom is 0.418 e. The van der Waals surface area contributed by atoms with Gasteiger partial charge in [-0.05, 0) is 47.4 Å². The van der Waals surface area contributed by atoms with Crippen LogP contribution in [0.25, 0.3) is 0 Å². The number of alkyl halides is 3. The van der Waals surface area contributed by atoms with Crippen molar-refractivity contribution in [3.63, 3.8) is 0 Å². The van der Waals surface area contributed by atoms with Crippen LogP contribution in [0.15, 0.2) is 63.8 Å². The second-order valence-electron chi connectivity index (χ2n) is 6.89. The molecule has 1 aliphatic carbocycles. The van der Waals surface area contributed by atoms with Crippen LogP contribution in [0.3, 0.4) is 0 Å². The minimum atomic E-state index is -4.60. The third kappa shape index (κ3) is 3.12. The fourth-order valence-corrected chi connectivity index (χ4v) is 4.73. The number of anilines is 1. The topological polar surface area (TPSA) is 70.1 Å². The average molecular weight is 415 g/mol. The van der Waals surface area contributed by atoms with Crippen LogP contribution in [-0.4, -0.2) is 5.78 Å². The molecule has 0 saturated carbocycles. The van der Waals surface area contributed by atoms with Gasteiger partial charge in [0, 0.05) is 17.7 Å². The summed E-state index contributed by atoms with van der Waals surface area (Å²) in [5, 5.41) is 13.5. The second kappa shape index (κ2) is 7.08. The number of carbonyl (C=O) groups excluding carboxylic acids is 1. The molecule has 0 saturated heterocycles. The number of rotatable bonds is 2. The molecule has 1 atom stereocenters. The van der Waals surface area contributed by atoms with Crippen LogP contribution in [0, 0.1) is 11.3 Å². The summed E-state index contributed by atoms with van der Waals surface area (Å²) in [4.78, 5) is 14.1. The lowest BCUT2D eigenvalue weighted by Crippen LogP contribution is -2.39. The Bertz CT molecular complexity index is 1080. The zero-order chi connectivity index (χ0) is 20.8. The Kier molecular flexibility index (Phi) is 4.71. The maximum atomic E-state index is 13.7. The number of nitriles is 1. The van der Waals surface area contributed by atoms with Crippen molar-refractivity contribution in [3.8, 4) is 6.07 Å². The molecule has 29 heavy (non-hydrogen) atoms. The highest BCUT2D eigenvalue weighted by Crippen LogP contribution is 2.48. The number of hydrogen-bond acceptors (Lipinski definition) is 5. The first-order valence-corrected chi connectivity index (χ1v) is 9.93. The van der Waals surface area contributed by atoms with Crippen LogP contribution in [0.1, 0.15) is 36.3 Å². The minimum Gasteiger partial charge on any atom is -0.384 e. The summed E-state index contributed by atoms with van der Waals surface area (Å²) in [6.45, 7) is 0. The molecule has 0 bridgehead atoms. The Hall–Kier alpha value is -3.05. The predicted molar refractivity (Wildman–Crippen MR) is 104 cm³/mol. The number of nitrogens with two attached hydrogens (primary N) is 1. The van der Waals surface area contributed by atoms with E-state index in [0.29, 0.717) is 30.5 Å². The Morgan fingerprint density at radius 3 is 2.62 bits per heavy atom. The number of halogens is 3. The first-order chi connectivity index (χ1) is 13.8. The summed E-state index contributed by atoms with van der Waals surface area (Å²) in [6, 6.07) is 8.95. The summed E-state index contributed by atoms with van der Waals surface area (Å²) < 4.78 is 41.0. The van der Waals surface area contributed by atoms with Crippen molar-refractivity contribution in [2.75, 3.05) is 4.90 Å². The number of carbonyl (C=O) groups is 1. The Morgan fingerprint density at radius 1 is 1.21 bits per heavy atom. The molecule has 1 aromatic heterocycles. The standard InChI is InChI=1S/C21H16F3N3OS/c22-21(23,24)14-4-1-2-5-15(14)27-16-6-3-7-17(28)19(16)18(12-8-9-29-11-12)13(10-25)20(27)26/h1-2,4-5,8-9,11,18H,3,6-7,26H2. The van der Waals surface area contributed by atoms with E-state index < -0.39 is 17.7 Å². The number of benzene rings is 1. The summed E-state index contributed by atoms with van der Waals surface area (Å²) in [5.74, 6) is -0.866. The second-order valence-corrected chi connectivity index (χ2v) is 7.67. The van der Waals surface area contributed by atoms with Gasteiger partial charge >= 0.3 is 6.18 Å². The van der Waals surface area contributed by atoms with Crippen molar-refractivity contribution < 1.29 is 18.0 Å². The summed E-state index contributed by atoms with van der Waals surface area (Å²) in [7, 11) is 0. The van der Waals surface area contributed by atoms with Crippen molar-refractivity contribution in [3.05, 3.63) is 74.9 Å². The molecule has 0 spiro atoms. The Morgan fingerprint density at radius 2 is 1.97 bits per heavy atom. The van der Waals surface area contributed by atoms with E-state index in [9.17, 15) is 23.2 Å². The van der Waals surface area contributed by atoms with Gasteiger partial charge in [-0.2, -0.15) is 29.8 Å². The molecule has 4 rings (SSSR count). The lowest BCUT2D eigenvalue weighted by atomic mass is 9.76. The summed E-state index contributed by atoms with van der Waals surface area (Å²) in [5.41, 5.74) is 6.93. The van der Waals surface area contributed by atoms with Gasteiger partial charge in [-0.25, -0.2) is 0 Å². The molecule has 148 valence electrons. The molecule has 2 heterocycles. The van der Waals surface area contributed by atoms with Gasteiger partial charge in [0.2, 0.25) is 0 Å². The smallest absolute Gasteiger partial charge is 0.384 e. The normalized spacial score (nSPS) is 20.0. The van der Waals surface area contributed by atoms with Crippen LogP contribution >= 0.6 is 11.3 Å². The molecule has 2 aliphatic rings. The predicted octanol–water partition coefficient (Wildman–Crippen LogP) is 5.07. The molecular weight excluding hydrogens is 399 g/mol. The van der Waals surface area contributed by atoms with Gasteiger partial charge in [-0.3, -0.25) is 9.69 Å². The van der Waals surface area contributed by atoms with E-state index in [2.05, 4.69) is 6.07 Å². The van der Waals surface area contributed by atoms with E-state index in [1.54, 1.807) is 0 Å². The largest absolute Gasteiger partial charge is 0.418 e. The Balaban J connectivity index is 2.01. The molecule has 8 heteroatoms. The Labute approximate surface area is 169 Å². The van der Waals surface area contributed by atoms with Crippen molar-refractivity contribution in [2.24, 2.45) is 5.73 Å². The van der Waals surface area contributed by atoms with Crippen molar-refractivity contribution in [2.45, 2.75) is 31.4 Å². The van der Waals surface area contributed by atoms with Gasteiger partial charge in [-0.15, -0.1) is 0 Å². The minimum absolute atomic E-state index is 0.0613. The average Bonchev–Trinajstić information content (AvgIpc) is 3.21. The van der Waals surface area contributed by atoms with Crippen molar-refractivity contribution in [1.82, 2.24) is 0 Å². The molecule has 1 unspecified atom stereocenters. The number of Topliss-reactive ketones (excluding diaryl/α,β-unsaturated/α-hetero) is 1.